The van der Waals surface area contributed by atoms with Crippen LogP contribution in [-0.2, 0) is 0 Å². The van der Waals surface area contributed by atoms with Gasteiger partial charge in [0.25, 0.3) is 0 Å². The summed E-state index contributed by atoms with van der Waals surface area (Å²) in [5.74, 6) is 0. The van der Waals surface area contributed by atoms with Crippen molar-refractivity contribution in [2.45, 2.75) is 6.92 Å². The fourth-order valence-corrected chi connectivity index (χ4v) is 1.80. The third kappa shape index (κ3) is 1.04. The molecule has 2 aromatic rings. The van der Waals surface area contributed by atoms with Crippen LogP contribution >= 0.6 is 11.3 Å². The number of H-pyrrole nitrogens is 1. The molecule has 0 saturated heterocycles. The molecule has 0 atom stereocenters. The first-order valence-corrected chi connectivity index (χ1v) is 4.23. The summed E-state index contributed by atoms with van der Waals surface area (Å²) in [5.41, 5.74) is -1.38. The van der Waals surface area contributed by atoms with Gasteiger partial charge in [0.1, 0.15) is 4.70 Å². The predicted octanol–water partition coefficient (Wildman–Crippen LogP) is -0.308. The zero-order valence-corrected chi connectivity index (χ0v) is 7.38. The monoisotopic (exact) mass is 199 g/mol. The lowest BCUT2D eigenvalue weighted by molar-refractivity contribution is 0.162. The average Bonchev–Trinajstić information content (AvgIpc) is 2.42. The van der Waals surface area contributed by atoms with Crippen molar-refractivity contribution in [2.24, 2.45) is 0 Å². The lowest BCUT2D eigenvalue weighted by atomic mass is 10.6. The van der Waals surface area contributed by atoms with Crippen molar-refractivity contribution in [3.8, 4) is 0 Å². The van der Waals surface area contributed by atoms with Gasteiger partial charge in [-0.3, -0.25) is 9.78 Å². The molecule has 2 heterocycles. The number of hydrogen-bond donors (Lipinski definition) is 2. The Hall–Kier alpha value is -1.63. The molecule has 6 nitrogen and oxygen atoms in total. The number of aromatic nitrogens is 3. The molecular weight excluding hydrogens is 194 g/mol. The molecule has 7 heteroatoms. The Labute approximate surface area is 75.1 Å². The van der Waals surface area contributed by atoms with E-state index in [0.717, 1.165) is 11.3 Å². The highest BCUT2D eigenvalue weighted by Crippen LogP contribution is 2.13. The highest BCUT2D eigenvalue weighted by molar-refractivity contribution is 7.18. The van der Waals surface area contributed by atoms with Gasteiger partial charge < -0.3 is 5.21 Å². The van der Waals surface area contributed by atoms with Gasteiger partial charge in [-0.1, -0.05) is 4.73 Å². The van der Waals surface area contributed by atoms with E-state index in [1.54, 1.807) is 6.92 Å². The fourth-order valence-electron chi connectivity index (χ4n) is 0.999. The summed E-state index contributed by atoms with van der Waals surface area (Å²) in [7, 11) is 0. The maximum Gasteiger partial charge on any atom is 0.363 e. The molecule has 0 aromatic carbocycles. The molecule has 2 N–H and O–H groups in total. The number of aryl methyl sites for hydroxylation is 1. The molecule has 0 radical (unpaired) electrons. The van der Waals surface area contributed by atoms with Crippen LogP contribution in [0.25, 0.3) is 10.3 Å². The van der Waals surface area contributed by atoms with Crippen molar-refractivity contribution < 1.29 is 5.21 Å². The summed E-state index contributed by atoms with van der Waals surface area (Å²) in [6.45, 7) is 1.71. The van der Waals surface area contributed by atoms with E-state index in [1.807, 2.05) is 0 Å². The molecule has 0 fully saturated rings. The first kappa shape index (κ1) is 7.99. The number of aromatic amines is 1. The molecule has 0 bridgehead atoms. The van der Waals surface area contributed by atoms with Crippen LogP contribution in [0.4, 0.5) is 0 Å². The summed E-state index contributed by atoms with van der Waals surface area (Å²) >= 11 is 1.13. The molecule has 0 aliphatic rings. The Morgan fingerprint density at radius 3 is 2.92 bits per heavy atom. The van der Waals surface area contributed by atoms with E-state index in [0.29, 0.717) is 5.01 Å². The normalized spacial score (nSPS) is 10.8. The SMILES string of the molecule is Cc1nc2[nH]c(=O)n(O)c(=O)c2s1. The van der Waals surface area contributed by atoms with E-state index in [-0.39, 0.29) is 15.1 Å². The standard InChI is InChI=1S/C6H5N3O3S/c1-2-7-4-3(13-2)5(10)9(12)6(11)8-4/h12H,1H3,(H,8,11). The van der Waals surface area contributed by atoms with E-state index in [2.05, 4.69) is 9.97 Å². The molecule has 0 aliphatic carbocycles. The second-order valence-corrected chi connectivity index (χ2v) is 3.66. The van der Waals surface area contributed by atoms with Crippen LogP contribution in [0.1, 0.15) is 5.01 Å². The topological polar surface area (TPSA) is 88.0 Å². The summed E-state index contributed by atoms with van der Waals surface area (Å²) in [6.07, 6.45) is 0. The minimum atomic E-state index is -0.872. The summed E-state index contributed by atoms with van der Waals surface area (Å²) in [6, 6.07) is 0. The number of rotatable bonds is 0. The van der Waals surface area contributed by atoms with Crippen molar-refractivity contribution in [1.82, 2.24) is 14.7 Å². The predicted molar refractivity (Wildman–Crippen MR) is 46.4 cm³/mol. The Morgan fingerprint density at radius 2 is 2.23 bits per heavy atom. The number of thiazole rings is 1. The van der Waals surface area contributed by atoms with Crippen LogP contribution < -0.4 is 11.2 Å². The van der Waals surface area contributed by atoms with Crippen LogP contribution in [0.5, 0.6) is 0 Å². The van der Waals surface area contributed by atoms with Gasteiger partial charge in [-0.15, -0.1) is 11.3 Å². The second kappa shape index (κ2) is 2.43. The highest BCUT2D eigenvalue weighted by atomic mass is 32.1. The minimum absolute atomic E-state index is 0.0416. The Morgan fingerprint density at radius 1 is 1.54 bits per heavy atom. The number of hydrogen-bond acceptors (Lipinski definition) is 5. The van der Waals surface area contributed by atoms with Crippen molar-refractivity contribution >= 4 is 21.7 Å². The van der Waals surface area contributed by atoms with Gasteiger partial charge in [-0.25, -0.2) is 9.78 Å². The third-order valence-corrected chi connectivity index (χ3v) is 2.50. The van der Waals surface area contributed by atoms with Crippen LogP contribution in [0.2, 0.25) is 0 Å². The first-order valence-electron chi connectivity index (χ1n) is 3.41. The first-order chi connectivity index (χ1) is 6.09. The van der Waals surface area contributed by atoms with E-state index < -0.39 is 11.2 Å². The summed E-state index contributed by atoms with van der Waals surface area (Å²) in [4.78, 5) is 28.3. The van der Waals surface area contributed by atoms with Crippen molar-refractivity contribution in [2.75, 3.05) is 0 Å². The number of fused-ring (bicyclic) bond motifs is 1. The highest BCUT2D eigenvalue weighted by Gasteiger charge is 2.09. The maximum atomic E-state index is 11.2. The third-order valence-electron chi connectivity index (χ3n) is 1.54. The van der Waals surface area contributed by atoms with Gasteiger partial charge in [0.2, 0.25) is 0 Å². The van der Waals surface area contributed by atoms with Gasteiger partial charge in [-0.2, -0.15) is 0 Å². The van der Waals surface area contributed by atoms with E-state index in [9.17, 15) is 9.59 Å². The largest absolute Gasteiger partial charge is 0.421 e. The fraction of sp³-hybridized carbons (Fsp3) is 0.167. The lowest BCUT2D eigenvalue weighted by Gasteiger charge is -1.91. The molecule has 0 amide bonds. The van der Waals surface area contributed by atoms with Crippen molar-refractivity contribution in [1.29, 1.82) is 0 Å². The summed E-state index contributed by atoms with van der Waals surface area (Å²) < 4.78 is 0.291. The van der Waals surface area contributed by atoms with Crippen LogP contribution in [-0.4, -0.2) is 19.9 Å². The molecule has 2 aromatic heterocycles. The quantitative estimate of drug-likeness (QED) is 0.570. The average molecular weight is 199 g/mol. The van der Waals surface area contributed by atoms with Crippen LogP contribution in [0.15, 0.2) is 9.59 Å². The van der Waals surface area contributed by atoms with E-state index in [1.165, 1.54) is 0 Å². The molecule has 0 spiro atoms. The minimum Gasteiger partial charge on any atom is -0.421 e. The van der Waals surface area contributed by atoms with Gasteiger partial charge >= 0.3 is 11.2 Å². The van der Waals surface area contributed by atoms with Gasteiger partial charge in [0.05, 0.1) is 5.01 Å². The molecule has 0 unspecified atom stereocenters. The van der Waals surface area contributed by atoms with E-state index in [4.69, 9.17) is 5.21 Å². The zero-order valence-electron chi connectivity index (χ0n) is 6.57. The second-order valence-electron chi connectivity index (χ2n) is 2.46. The molecule has 0 aliphatic heterocycles. The van der Waals surface area contributed by atoms with Crippen molar-refractivity contribution in [3.63, 3.8) is 0 Å². The molecular formula is C6H5N3O3S. The molecule has 13 heavy (non-hydrogen) atoms. The zero-order chi connectivity index (χ0) is 9.59. The molecule has 2 rings (SSSR count). The molecule has 68 valence electrons. The number of nitrogens with zero attached hydrogens (tertiary/aromatic N) is 2. The maximum absolute atomic E-state index is 11.2. The van der Waals surface area contributed by atoms with Crippen molar-refractivity contribution in [3.05, 3.63) is 25.8 Å². The van der Waals surface area contributed by atoms with E-state index >= 15 is 0 Å². The smallest absolute Gasteiger partial charge is 0.363 e. The van der Waals surface area contributed by atoms with Gasteiger partial charge in [-0.05, 0) is 6.92 Å². The van der Waals surface area contributed by atoms with Gasteiger partial charge in [0.15, 0.2) is 5.65 Å². The van der Waals surface area contributed by atoms with Crippen LogP contribution in [0, 0.1) is 6.92 Å². The van der Waals surface area contributed by atoms with Gasteiger partial charge in [0, 0.05) is 0 Å². The Bertz CT molecular complexity index is 579. The Kier molecular flexibility index (Phi) is 1.49. The Balaban J connectivity index is 3.10. The lowest BCUT2D eigenvalue weighted by Crippen LogP contribution is -2.32. The van der Waals surface area contributed by atoms with Crippen LogP contribution in [0.3, 0.4) is 0 Å². The number of nitrogens with one attached hydrogen (secondary N) is 1. The summed E-state index contributed by atoms with van der Waals surface area (Å²) in [5, 5.41) is 9.61. The molecule has 0 saturated carbocycles.